The molecule has 1 aromatic rings. The summed E-state index contributed by atoms with van der Waals surface area (Å²) in [6.07, 6.45) is -0.262. The van der Waals surface area contributed by atoms with Gasteiger partial charge in [0.2, 0.25) is 0 Å². The summed E-state index contributed by atoms with van der Waals surface area (Å²) < 4.78 is 0. The minimum absolute atomic E-state index is 0.262. The quantitative estimate of drug-likeness (QED) is 0.822. The molecule has 0 heterocycles. The van der Waals surface area contributed by atoms with Crippen LogP contribution in [0.4, 0.5) is 0 Å². The Kier molecular flexibility index (Phi) is 5.16. The highest BCUT2D eigenvalue weighted by atomic mass is 16.3. The normalized spacial score (nSPS) is 13.1. The second-order valence-corrected chi connectivity index (χ2v) is 5.31. The molecule has 2 heteroatoms. The molecular weight excluding hydrogens is 210 g/mol. The van der Waals surface area contributed by atoms with Crippen LogP contribution in [-0.4, -0.2) is 17.8 Å². The van der Waals surface area contributed by atoms with Crippen LogP contribution in [0.1, 0.15) is 36.1 Å². The van der Waals surface area contributed by atoms with E-state index in [1.165, 1.54) is 22.3 Å². The van der Waals surface area contributed by atoms with Gasteiger partial charge in [0, 0.05) is 13.1 Å². The highest BCUT2D eigenvalue weighted by molar-refractivity contribution is 5.36. The molecule has 0 aliphatic heterocycles. The SMILES string of the molecule is Cc1cc(C)c(CNCC(O)C(C)C)cc1C. The van der Waals surface area contributed by atoms with Crippen molar-refractivity contribution in [1.82, 2.24) is 5.32 Å². The summed E-state index contributed by atoms with van der Waals surface area (Å²) in [7, 11) is 0. The summed E-state index contributed by atoms with van der Waals surface area (Å²) >= 11 is 0. The van der Waals surface area contributed by atoms with Gasteiger partial charge in [0.25, 0.3) is 0 Å². The molecule has 1 rings (SSSR count). The van der Waals surface area contributed by atoms with Crippen LogP contribution in [0.5, 0.6) is 0 Å². The van der Waals surface area contributed by atoms with Crippen LogP contribution >= 0.6 is 0 Å². The zero-order chi connectivity index (χ0) is 13.0. The van der Waals surface area contributed by atoms with E-state index in [9.17, 15) is 5.11 Å². The third-order valence-corrected chi connectivity index (χ3v) is 3.39. The minimum Gasteiger partial charge on any atom is -0.392 e. The fraction of sp³-hybridized carbons (Fsp3) is 0.600. The number of rotatable bonds is 5. The van der Waals surface area contributed by atoms with E-state index >= 15 is 0 Å². The Morgan fingerprint density at radius 1 is 1.06 bits per heavy atom. The molecule has 17 heavy (non-hydrogen) atoms. The molecule has 96 valence electrons. The van der Waals surface area contributed by atoms with Gasteiger partial charge < -0.3 is 10.4 Å². The topological polar surface area (TPSA) is 32.3 Å². The van der Waals surface area contributed by atoms with Gasteiger partial charge in [-0.15, -0.1) is 0 Å². The van der Waals surface area contributed by atoms with Gasteiger partial charge in [-0.3, -0.25) is 0 Å². The lowest BCUT2D eigenvalue weighted by molar-refractivity contribution is 0.123. The number of aliphatic hydroxyl groups excluding tert-OH is 1. The van der Waals surface area contributed by atoms with Crippen LogP contribution in [-0.2, 0) is 6.54 Å². The standard InChI is InChI=1S/C15H25NO/c1-10(2)15(17)9-16-8-14-7-12(4)11(3)6-13(14)5/h6-7,10,15-17H,8-9H2,1-5H3. The monoisotopic (exact) mass is 235 g/mol. The molecule has 0 aliphatic carbocycles. The van der Waals surface area contributed by atoms with Crippen molar-refractivity contribution in [3.63, 3.8) is 0 Å². The molecule has 2 N–H and O–H groups in total. The second kappa shape index (κ2) is 6.18. The molecule has 0 saturated heterocycles. The fourth-order valence-corrected chi connectivity index (χ4v) is 1.80. The maximum atomic E-state index is 9.71. The first-order valence-electron chi connectivity index (χ1n) is 6.37. The average molecular weight is 235 g/mol. The Hall–Kier alpha value is -0.860. The van der Waals surface area contributed by atoms with Crippen LogP contribution in [0.25, 0.3) is 0 Å². The first kappa shape index (κ1) is 14.2. The van der Waals surface area contributed by atoms with Gasteiger partial charge in [-0.25, -0.2) is 0 Å². The highest BCUT2D eigenvalue weighted by Gasteiger charge is 2.08. The Bertz CT molecular complexity index is 371. The van der Waals surface area contributed by atoms with E-state index in [0.29, 0.717) is 12.5 Å². The average Bonchev–Trinajstić information content (AvgIpc) is 2.25. The van der Waals surface area contributed by atoms with Gasteiger partial charge in [-0.1, -0.05) is 26.0 Å². The third kappa shape index (κ3) is 4.14. The molecule has 2 nitrogen and oxygen atoms in total. The van der Waals surface area contributed by atoms with Crippen LogP contribution in [0.3, 0.4) is 0 Å². The fourth-order valence-electron chi connectivity index (χ4n) is 1.80. The molecule has 0 fully saturated rings. The maximum Gasteiger partial charge on any atom is 0.0687 e. The van der Waals surface area contributed by atoms with Crippen molar-refractivity contribution < 1.29 is 5.11 Å². The summed E-state index contributed by atoms with van der Waals surface area (Å²) in [4.78, 5) is 0. The van der Waals surface area contributed by atoms with Crippen molar-refractivity contribution in [2.75, 3.05) is 6.54 Å². The zero-order valence-electron chi connectivity index (χ0n) is 11.7. The predicted molar refractivity (Wildman–Crippen MR) is 73.2 cm³/mol. The number of aryl methyl sites for hydroxylation is 3. The predicted octanol–water partition coefficient (Wildman–Crippen LogP) is 2.72. The van der Waals surface area contributed by atoms with E-state index in [0.717, 1.165) is 6.54 Å². The van der Waals surface area contributed by atoms with E-state index in [1.54, 1.807) is 0 Å². The van der Waals surface area contributed by atoms with Crippen LogP contribution in [0.2, 0.25) is 0 Å². The van der Waals surface area contributed by atoms with E-state index in [2.05, 4.69) is 38.2 Å². The maximum absolute atomic E-state index is 9.71. The second-order valence-electron chi connectivity index (χ2n) is 5.31. The summed E-state index contributed by atoms with van der Waals surface area (Å²) in [6, 6.07) is 4.46. The first-order chi connectivity index (χ1) is 7.91. The molecule has 0 radical (unpaired) electrons. The van der Waals surface area contributed by atoms with Crippen molar-refractivity contribution in [3.8, 4) is 0 Å². The lowest BCUT2D eigenvalue weighted by atomic mass is 10.0. The highest BCUT2D eigenvalue weighted by Crippen LogP contribution is 2.15. The first-order valence-corrected chi connectivity index (χ1v) is 6.37. The number of nitrogens with one attached hydrogen (secondary N) is 1. The summed E-state index contributed by atoms with van der Waals surface area (Å²) in [5.74, 6) is 0.309. The number of hydrogen-bond donors (Lipinski definition) is 2. The smallest absolute Gasteiger partial charge is 0.0687 e. The molecule has 1 unspecified atom stereocenters. The molecule has 0 bridgehead atoms. The Labute approximate surface area is 105 Å². The number of aliphatic hydroxyl groups is 1. The zero-order valence-corrected chi connectivity index (χ0v) is 11.7. The molecular formula is C15H25NO. The number of hydrogen-bond acceptors (Lipinski definition) is 2. The molecule has 0 aromatic heterocycles. The van der Waals surface area contributed by atoms with E-state index < -0.39 is 0 Å². The van der Waals surface area contributed by atoms with Crippen molar-refractivity contribution in [3.05, 3.63) is 34.4 Å². The van der Waals surface area contributed by atoms with Crippen molar-refractivity contribution in [2.24, 2.45) is 5.92 Å². The third-order valence-electron chi connectivity index (χ3n) is 3.39. The van der Waals surface area contributed by atoms with E-state index in [4.69, 9.17) is 0 Å². The lowest BCUT2D eigenvalue weighted by Gasteiger charge is -2.16. The Morgan fingerprint density at radius 2 is 1.65 bits per heavy atom. The van der Waals surface area contributed by atoms with Crippen LogP contribution < -0.4 is 5.32 Å². The minimum atomic E-state index is -0.262. The van der Waals surface area contributed by atoms with Crippen molar-refractivity contribution in [2.45, 2.75) is 47.3 Å². The summed E-state index contributed by atoms with van der Waals surface area (Å²) in [5, 5.41) is 13.0. The summed E-state index contributed by atoms with van der Waals surface area (Å²) in [6.45, 7) is 12.0. The molecule has 0 spiro atoms. The lowest BCUT2D eigenvalue weighted by Crippen LogP contribution is -2.30. The van der Waals surface area contributed by atoms with Crippen molar-refractivity contribution >= 4 is 0 Å². The van der Waals surface area contributed by atoms with Crippen molar-refractivity contribution in [1.29, 1.82) is 0 Å². The molecule has 1 atom stereocenters. The van der Waals surface area contributed by atoms with Gasteiger partial charge in [0.15, 0.2) is 0 Å². The van der Waals surface area contributed by atoms with E-state index in [-0.39, 0.29) is 6.10 Å². The van der Waals surface area contributed by atoms with Gasteiger partial charge in [-0.2, -0.15) is 0 Å². The molecule has 0 amide bonds. The van der Waals surface area contributed by atoms with Crippen LogP contribution in [0, 0.1) is 26.7 Å². The summed E-state index contributed by atoms with van der Waals surface area (Å²) in [5.41, 5.74) is 5.31. The number of benzene rings is 1. The Balaban J connectivity index is 2.55. The van der Waals surface area contributed by atoms with E-state index in [1.807, 2.05) is 13.8 Å². The van der Waals surface area contributed by atoms with Gasteiger partial charge in [0.05, 0.1) is 6.10 Å². The van der Waals surface area contributed by atoms with Gasteiger partial charge in [-0.05, 0) is 48.9 Å². The molecule has 0 aliphatic rings. The van der Waals surface area contributed by atoms with Gasteiger partial charge in [0.1, 0.15) is 0 Å². The molecule has 0 saturated carbocycles. The Morgan fingerprint density at radius 3 is 2.24 bits per heavy atom. The van der Waals surface area contributed by atoms with Crippen LogP contribution in [0.15, 0.2) is 12.1 Å². The molecule has 1 aromatic carbocycles. The van der Waals surface area contributed by atoms with Gasteiger partial charge >= 0.3 is 0 Å². The largest absolute Gasteiger partial charge is 0.392 e.